The highest BCUT2D eigenvalue weighted by molar-refractivity contribution is 6.06. The van der Waals surface area contributed by atoms with Crippen LogP contribution in [0.5, 0.6) is 0 Å². The van der Waals surface area contributed by atoms with Crippen LogP contribution in [0.4, 0.5) is 0 Å². The predicted molar refractivity (Wildman–Crippen MR) is 117 cm³/mol. The number of aromatic nitrogens is 1. The van der Waals surface area contributed by atoms with Crippen LogP contribution < -0.4 is 5.32 Å². The molecule has 0 bridgehead atoms. The lowest BCUT2D eigenvalue weighted by molar-refractivity contribution is -0.128. The summed E-state index contributed by atoms with van der Waals surface area (Å²) < 4.78 is 0. The molecule has 2 fully saturated rings. The fourth-order valence-electron chi connectivity index (χ4n) is 4.07. The van der Waals surface area contributed by atoms with Gasteiger partial charge >= 0.3 is 0 Å². The SMILES string of the molecule is Cc1cc(C(O)c2ccc([C@@H](C)[C@]3(C)CC(=O)NC3=O)cc2)cc(C2CC2)n1.Cl.O. The average molecular weight is 433 g/mol. The number of benzene rings is 1. The zero-order valence-corrected chi connectivity index (χ0v) is 18.3. The minimum absolute atomic E-state index is 0. The van der Waals surface area contributed by atoms with E-state index in [1.54, 1.807) is 0 Å². The highest BCUT2D eigenvalue weighted by Gasteiger charge is 2.47. The predicted octanol–water partition coefficient (Wildman–Crippen LogP) is 3.10. The molecule has 30 heavy (non-hydrogen) atoms. The molecule has 2 aromatic rings. The molecule has 1 aromatic carbocycles. The highest BCUT2D eigenvalue weighted by atomic mass is 35.5. The van der Waals surface area contributed by atoms with Gasteiger partial charge in [-0.05, 0) is 61.4 Å². The third kappa shape index (κ3) is 4.41. The van der Waals surface area contributed by atoms with E-state index in [-0.39, 0.29) is 42.0 Å². The average Bonchev–Trinajstić information content (AvgIpc) is 3.47. The van der Waals surface area contributed by atoms with Gasteiger partial charge in [-0.25, -0.2) is 0 Å². The van der Waals surface area contributed by atoms with Gasteiger partial charge in [-0.2, -0.15) is 0 Å². The Hall–Kier alpha value is -2.28. The molecule has 6 nitrogen and oxygen atoms in total. The van der Waals surface area contributed by atoms with Gasteiger partial charge in [-0.3, -0.25) is 19.9 Å². The van der Waals surface area contributed by atoms with Crippen molar-refractivity contribution in [1.29, 1.82) is 0 Å². The van der Waals surface area contributed by atoms with E-state index in [0.29, 0.717) is 5.92 Å². The molecule has 1 saturated carbocycles. The molecule has 2 aliphatic rings. The van der Waals surface area contributed by atoms with E-state index in [1.165, 1.54) is 12.8 Å². The molecule has 1 aliphatic carbocycles. The third-order valence-electron chi connectivity index (χ3n) is 6.31. The van der Waals surface area contributed by atoms with Gasteiger partial charge in [-0.15, -0.1) is 12.4 Å². The van der Waals surface area contributed by atoms with Crippen molar-refractivity contribution in [3.63, 3.8) is 0 Å². The zero-order chi connectivity index (χ0) is 20.1. The lowest BCUT2D eigenvalue weighted by Crippen LogP contribution is -2.33. The largest absolute Gasteiger partial charge is 0.412 e. The fourth-order valence-corrected chi connectivity index (χ4v) is 4.07. The molecule has 1 unspecified atom stereocenters. The molecule has 0 radical (unpaired) electrons. The van der Waals surface area contributed by atoms with E-state index in [2.05, 4.69) is 10.3 Å². The number of hydrogen-bond donors (Lipinski definition) is 2. The molecule has 7 heteroatoms. The molecular weight excluding hydrogens is 404 g/mol. The quantitative estimate of drug-likeness (QED) is 0.707. The molecule has 4 N–H and O–H groups in total. The molecule has 1 aromatic heterocycles. The highest BCUT2D eigenvalue weighted by Crippen LogP contribution is 2.42. The van der Waals surface area contributed by atoms with Crippen LogP contribution in [0, 0.1) is 12.3 Å². The number of aliphatic hydroxyl groups is 1. The standard InChI is InChI=1S/C23H26N2O3.ClH.H2O/c1-13-10-18(11-19(24-13)16-6-7-16)21(27)17-8-4-15(5-9-17)14(2)23(3)12-20(26)25-22(23)28;;/h4-5,8-11,14,16,21,27H,6-7,12H2,1-3H3,(H,25,26,28);1H;1H2/t14-,21?,23+;;/m1../s1. The first-order valence-corrected chi connectivity index (χ1v) is 9.88. The van der Waals surface area contributed by atoms with Crippen LogP contribution in [-0.4, -0.2) is 27.4 Å². The summed E-state index contributed by atoms with van der Waals surface area (Å²) in [5.74, 6) is 0.00441. The normalized spacial score (nSPS) is 22.5. The van der Waals surface area contributed by atoms with Crippen molar-refractivity contribution in [2.24, 2.45) is 5.41 Å². The van der Waals surface area contributed by atoms with Crippen molar-refractivity contribution in [1.82, 2.24) is 10.3 Å². The van der Waals surface area contributed by atoms with Crippen LogP contribution in [-0.2, 0) is 9.59 Å². The van der Waals surface area contributed by atoms with Crippen LogP contribution in [0.3, 0.4) is 0 Å². The van der Waals surface area contributed by atoms with Crippen LogP contribution in [0.15, 0.2) is 36.4 Å². The first kappa shape index (κ1) is 24.0. The molecular formula is C23H29ClN2O4. The number of hydrogen-bond acceptors (Lipinski definition) is 4. The summed E-state index contributed by atoms with van der Waals surface area (Å²) in [5.41, 5.74) is 3.91. The Balaban J connectivity index is 0.00000160. The van der Waals surface area contributed by atoms with Crippen molar-refractivity contribution in [3.05, 3.63) is 64.5 Å². The Morgan fingerprint density at radius 2 is 1.70 bits per heavy atom. The number of nitrogens with zero attached hydrogens (tertiary/aromatic N) is 1. The zero-order valence-electron chi connectivity index (χ0n) is 17.4. The summed E-state index contributed by atoms with van der Waals surface area (Å²) >= 11 is 0. The molecule has 1 aliphatic heterocycles. The molecule has 162 valence electrons. The summed E-state index contributed by atoms with van der Waals surface area (Å²) in [6.07, 6.45) is 1.84. The number of pyridine rings is 1. The van der Waals surface area contributed by atoms with E-state index < -0.39 is 11.5 Å². The Labute approximate surface area is 182 Å². The van der Waals surface area contributed by atoms with Gasteiger partial charge in [0.05, 0.1) is 5.41 Å². The second-order valence-corrected chi connectivity index (χ2v) is 8.50. The van der Waals surface area contributed by atoms with Gasteiger partial charge in [0.1, 0.15) is 6.10 Å². The number of rotatable bonds is 5. The third-order valence-corrected chi connectivity index (χ3v) is 6.31. The number of nitrogens with one attached hydrogen (secondary N) is 1. The molecule has 2 heterocycles. The Kier molecular flexibility index (Phi) is 7.07. The summed E-state index contributed by atoms with van der Waals surface area (Å²) in [7, 11) is 0. The number of imide groups is 1. The smallest absolute Gasteiger partial charge is 0.233 e. The van der Waals surface area contributed by atoms with Crippen molar-refractivity contribution >= 4 is 24.2 Å². The number of halogens is 1. The van der Waals surface area contributed by atoms with E-state index in [0.717, 1.165) is 28.1 Å². The molecule has 1 saturated heterocycles. The van der Waals surface area contributed by atoms with Crippen LogP contribution in [0.25, 0.3) is 0 Å². The van der Waals surface area contributed by atoms with Gasteiger partial charge in [0, 0.05) is 23.7 Å². The van der Waals surface area contributed by atoms with Crippen molar-refractivity contribution in [2.75, 3.05) is 0 Å². The second-order valence-electron chi connectivity index (χ2n) is 8.50. The van der Waals surface area contributed by atoms with Gasteiger partial charge in [0.2, 0.25) is 11.8 Å². The van der Waals surface area contributed by atoms with Crippen molar-refractivity contribution in [3.8, 4) is 0 Å². The monoisotopic (exact) mass is 432 g/mol. The second kappa shape index (κ2) is 8.84. The van der Waals surface area contributed by atoms with Crippen LogP contribution >= 0.6 is 12.4 Å². The molecule has 2 amide bonds. The van der Waals surface area contributed by atoms with E-state index >= 15 is 0 Å². The maximum Gasteiger partial charge on any atom is 0.233 e. The van der Waals surface area contributed by atoms with E-state index in [4.69, 9.17) is 0 Å². The van der Waals surface area contributed by atoms with E-state index in [9.17, 15) is 14.7 Å². The molecule has 4 rings (SSSR count). The Morgan fingerprint density at radius 3 is 2.23 bits per heavy atom. The number of aryl methyl sites for hydroxylation is 1. The molecule has 0 spiro atoms. The lowest BCUT2D eigenvalue weighted by Gasteiger charge is -2.28. The van der Waals surface area contributed by atoms with Gasteiger partial charge in [-0.1, -0.05) is 31.2 Å². The lowest BCUT2D eigenvalue weighted by atomic mass is 9.73. The topological polar surface area (TPSA) is 111 Å². The number of aliphatic hydroxyl groups excluding tert-OH is 1. The summed E-state index contributed by atoms with van der Waals surface area (Å²) in [4.78, 5) is 28.5. The summed E-state index contributed by atoms with van der Waals surface area (Å²) in [6.45, 7) is 5.76. The van der Waals surface area contributed by atoms with Crippen molar-refractivity contribution < 1.29 is 20.2 Å². The first-order valence-electron chi connectivity index (χ1n) is 9.88. The fraction of sp³-hybridized carbons (Fsp3) is 0.435. The minimum Gasteiger partial charge on any atom is -0.412 e. The van der Waals surface area contributed by atoms with Crippen LogP contribution in [0.1, 0.15) is 79.1 Å². The minimum atomic E-state index is -0.738. The van der Waals surface area contributed by atoms with Gasteiger partial charge in [0.15, 0.2) is 0 Å². The summed E-state index contributed by atoms with van der Waals surface area (Å²) in [5, 5.41) is 13.3. The molecule has 3 atom stereocenters. The van der Waals surface area contributed by atoms with Crippen molar-refractivity contribution in [2.45, 2.75) is 58.0 Å². The summed E-state index contributed by atoms with van der Waals surface area (Å²) in [6, 6.07) is 11.6. The van der Waals surface area contributed by atoms with Crippen LogP contribution in [0.2, 0.25) is 0 Å². The maximum atomic E-state index is 12.2. The number of amides is 2. The Bertz CT molecular complexity index is 943. The first-order chi connectivity index (χ1) is 13.3. The van der Waals surface area contributed by atoms with E-state index in [1.807, 2.05) is 57.2 Å². The number of carbonyl (C=O) groups excluding carboxylic acids is 2. The maximum absolute atomic E-state index is 12.2. The van der Waals surface area contributed by atoms with Gasteiger partial charge < -0.3 is 10.6 Å². The Morgan fingerprint density at radius 1 is 1.10 bits per heavy atom. The number of carbonyl (C=O) groups is 2. The van der Waals surface area contributed by atoms with Gasteiger partial charge in [0.25, 0.3) is 0 Å².